The number of carbonyl (C=O) groups is 2. The highest BCUT2D eigenvalue weighted by Gasteiger charge is 2.43. The number of hydrogen-bond acceptors (Lipinski definition) is 4. The van der Waals surface area contributed by atoms with Crippen LogP contribution in [0.25, 0.3) is 23.4 Å². The minimum absolute atomic E-state index is 0.141. The Bertz CT molecular complexity index is 1230. The number of nitrogens with one attached hydrogen (secondary N) is 1. The van der Waals surface area contributed by atoms with Gasteiger partial charge in [0, 0.05) is 29.2 Å². The van der Waals surface area contributed by atoms with E-state index in [1.807, 2.05) is 30.3 Å². The molecule has 1 aliphatic rings. The molecule has 3 aromatic rings. The van der Waals surface area contributed by atoms with Crippen molar-refractivity contribution in [1.82, 2.24) is 15.0 Å². The van der Waals surface area contributed by atoms with Gasteiger partial charge in [-0.15, -0.1) is 0 Å². The number of pyridine rings is 1. The summed E-state index contributed by atoms with van der Waals surface area (Å²) >= 11 is 3.45. The summed E-state index contributed by atoms with van der Waals surface area (Å²) in [4.78, 5) is 32.7. The molecule has 0 aliphatic carbocycles. The van der Waals surface area contributed by atoms with E-state index in [9.17, 15) is 22.8 Å². The quantitative estimate of drug-likeness (QED) is 0.574. The number of rotatable bonds is 4. The summed E-state index contributed by atoms with van der Waals surface area (Å²) in [6.07, 6.45) is 0.0896. The van der Waals surface area contributed by atoms with Gasteiger partial charge >= 0.3 is 12.1 Å². The Morgan fingerprint density at radius 1 is 1.19 bits per heavy atom. The molecule has 0 unspecified atom stereocenters. The van der Waals surface area contributed by atoms with Crippen molar-refractivity contribution in [3.05, 3.63) is 75.6 Å². The average molecular weight is 506 g/mol. The first-order chi connectivity index (χ1) is 15.2. The van der Waals surface area contributed by atoms with Crippen molar-refractivity contribution >= 4 is 40.0 Å². The van der Waals surface area contributed by atoms with Crippen molar-refractivity contribution in [2.24, 2.45) is 0 Å². The normalized spacial score (nSPS) is 13.7. The first-order valence-electron chi connectivity index (χ1n) is 9.45. The third-order valence-corrected chi connectivity index (χ3v) is 5.49. The van der Waals surface area contributed by atoms with E-state index in [4.69, 9.17) is 0 Å². The first kappa shape index (κ1) is 21.8. The van der Waals surface area contributed by atoms with Gasteiger partial charge in [-0.1, -0.05) is 40.2 Å². The number of hydrogen-bond donors (Lipinski definition) is 1. The highest BCUT2D eigenvalue weighted by atomic mass is 79.9. The maximum atomic E-state index is 12.9. The van der Waals surface area contributed by atoms with E-state index in [-0.39, 0.29) is 29.9 Å². The molecule has 0 saturated heterocycles. The maximum Gasteiger partial charge on any atom is 0.493 e. The third kappa shape index (κ3) is 4.45. The fourth-order valence-corrected chi connectivity index (χ4v) is 3.70. The topological polar surface area (TPSA) is 73.2 Å². The van der Waals surface area contributed by atoms with E-state index in [0.717, 1.165) is 14.8 Å². The highest BCUT2D eigenvalue weighted by Crippen LogP contribution is 2.29. The molecule has 1 N–H and O–H groups in total. The molecule has 3 heterocycles. The summed E-state index contributed by atoms with van der Waals surface area (Å²) < 4.78 is 40.2. The van der Waals surface area contributed by atoms with E-state index < -0.39 is 18.1 Å². The first-order valence-corrected chi connectivity index (χ1v) is 10.2. The van der Waals surface area contributed by atoms with Crippen LogP contribution in [0.5, 0.6) is 0 Å². The lowest BCUT2D eigenvalue weighted by atomic mass is 10.1. The molecule has 32 heavy (non-hydrogen) atoms. The number of aromatic nitrogens is 2. The van der Waals surface area contributed by atoms with Crippen LogP contribution in [-0.2, 0) is 11.2 Å². The van der Waals surface area contributed by atoms with Crippen LogP contribution in [0.1, 0.15) is 27.3 Å². The van der Waals surface area contributed by atoms with Gasteiger partial charge in [0.1, 0.15) is 0 Å². The van der Waals surface area contributed by atoms with Gasteiger partial charge < -0.3 is 10.2 Å². The van der Waals surface area contributed by atoms with Crippen LogP contribution < -0.4 is 10.2 Å². The molecule has 0 saturated carbocycles. The summed E-state index contributed by atoms with van der Waals surface area (Å²) in [5.74, 6) is -2.82. The van der Waals surface area contributed by atoms with Crippen LogP contribution in [0.3, 0.4) is 0 Å². The molecule has 0 radical (unpaired) electrons. The zero-order valence-electron chi connectivity index (χ0n) is 16.3. The van der Waals surface area contributed by atoms with Crippen molar-refractivity contribution in [3.8, 4) is 11.3 Å². The van der Waals surface area contributed by atoms with Gasteiger partial charge in [0.05, 0.1) is 22.6 Å². The van der Waals surface area contributed by atoms with Gasteiger partial charge in [-0.05, 0) is 35.9 Å². The molecule has 1 aromatic carbocycles. The Labute approximate surface area is 188 Å². The lowest BCUT2D eigenvalue weighted by Crippen LogP contribution is -2.37. The summed E-state index contributed by atoms with van der Waals surface area (Å²) in [7, 11) is 0. The molecule has 164 valence electrons. The predicted molar refractivity (Wildman–Crippen MR) is 114 cm³/mol. The van der Waals surface area contributed by atoms with Gasteiger partial charge in [0.15, 0.2) is 0 Å². The van der Waals surface area contributed by atoms with Gasteiger partial charge in [-0.2, -0.15) is 17.9 Å². The van der Waals surface area contributed by atoms with Crippen molar-refractivity contribution in [2.45, 2.75) is 12.6 Å². The average Bonchev–Trinajstić information content (AvgIpc) is 3.12. The molecular formula is C22H15BrF3N3O3. The maximum absolute atomic E-state index is 12.9. The monoisotopic (exact) mass is 505 g/mol. The van der Waals surface area contributed by atoms with Crippen molar-refractivity contribution in [2.75, 3.05) is 6.54 Å². The Balaban J connectivity index is 1.75. The minimum Gasteiger partial charge on any atom is -0.352 e. The third-order valence-electron chi connectivity index (χ3n) is 4.77. The smallest absolute Gasteiger partial charge is 0.352 e. The fraction of sp³-hybridized carbons (Fsp3) is 0.136. The molecule has 0 fully saturated rings. The Kier molecular flexibility index (Phi) is 5.88. The SMILES string of the molecule is O=C1NCCc2c1cc(-c1ccnc(C=Cc3ccccc3Br)c1)n2OC(=O)C(F)(F)F. The molecule has 2 aromatic heterocycles. The van der Waals surface area contributed by atoms with Crippen molar-refractivity contribution in [1.29, 1.82) is 0 Å². The lowest BCUT2D eigenvalue weighted by Gasteiger charge is -2.17. The van der Waals surface area contributed by atoms with E-state index >= 15 is 0 Å². The summed E-state index contributed by atoms with van der Waals surface area (Å²) in [5, 5.41) is 2.63. The summed E-state index contributed by atoms with van der Waals surface area (Å²) in [6, 6.07) is 12.2. The lowest BCUT2D eigenvalue weighted by molar-refractivity contribution is -0.199. The molecule has 6 nitrogen and oxygen atoms in total. The van der Waals surface area contributed by atoms with Crippen LogP contribution in [0.15, 0.2) is 53.1 Å². The van der Waals surface area contributed by atoms with Crippen LogP contribution in [-0.4, -0.2) is 34.3 Å². The molecule has 0 atom stereocenters. The second-order valence-electron chi connectivity index (χ2n) is 6.89. The second kappa shape index (κ2) is 8.62. The highest BCUT2D eigenvalue weighted by molar-refractivity contribution is 9.10. The van der Waals surface area contributed by atoms with Gasteiger partial charge in [0.2, 0.25) is 0 Å². The van der Waals surface area contributed by atoms with Crippen LogP contribution in [0.4, 0.5) is 13.2 Å². The number of carbonyl (C=O) groups excluding carboxylic acids is 2. The van der Waals surface area contributed by atoms with Crippen LogP contribution in [0.2, 0.25) is 0 Å². The van der Waals surface area contributed by atoms with Gasteiger partial charge in [0.25, 0.3) is 5.91 Å². The number of benzene rings is 1. The summed E-state index contributed by atoms with van der Waals surface area (Å²) in [5.41, 5.74) is 2.36. The molecule has 10 heteroatoms. The predicted octanol–water partition coefficient (Wildman–Crippen LogP) is 4.29. The fourth-order valence-electron chi connectivity index (χ4n) is 3.28. The molecule has 1 amide bonds. The standard InChI is InChI=1S/C22H15BrF3N3O3/c23-17-4-2-1-3-13(17)5-6-15-11-14(7-9-27-15)19-12-16-18(8-10-28-20(16)30)29(19)32-21(31)22(24,25)26/h1-7,9,11-12H,8,10H2,(H,28,30). The molecule has 0 bridgehead atoms. The number of fused-ring (bicyclic) bond motifs is 1. The van der Waals surface area contributed by atoms with Gasteiger partial charge in [-0.3, -0.25) is 9.78 Å². The van der Waals surface area contributed by atoms with E-state index in [0.29, 0.717) is 11.3 Å². The minimum atomic E-state index is -5.18. The van der Waals surface area contributed by atoms with Crippen LogP contribution >= 0.6 is 15.9 Å². The number of nitrogens with zero attached hydrogens (tertiary/aromatic N) is 2. The number of amides is 1. The zero-order valence-corrected chi connectivity index (χ0v) is 17.9. The Morgan fingerprint density at radius 2 is 1.97 bits per heavy atom. The number of alkyl halides is 3. The largest absolute Gasteiger partial charge is 0.493 e. The van der Waals surface area contributed by atoms with E-state index in [1.165, 1.54) is 12.3 Å². The zero-order chi connectivity index (χ0) is 22.9. The van der Waals surface area contributed by atoms with Gasteiger partial charge in [-0.25, -0.2) is 4.79 Å². The second-order valence-corrected chi connectivity index (χ2v) is 7.75. The van der Waals surface area contributed by atoms with Crippen molar-refractivity contribution in [3.63, 3.8) is 0 Å². The number of halogens is 4. The Morgan fingerprint density at radius 3 is 2.72 bits per heavy atom. The van der Waals surface area contributed by atoms with E-state index in [2.05, 4.69) is 31.1 Å². The van der Waals surface area contributed by atoms with E-state index in [1.54, 1.807) is 18.2 Å². The molecule has 1 aliphatic heterocycles. The Hall–Kier alpha value is -3.40. The summed E-state index contributed by atoms with van der Waals surface area (Å²) in [6.45, 7) is 0.217. The molecule has 4 rings (SSSR count). The van der Waals surface area contributed by atoms with Crippen molar-refractivity contribution < 1.29 is 27.6 Å². The van der Waals surface area contributed by atoms with Crippen LogP contribution in [0, 0.1) is 0 Å². The molecular weight excluding hydrogens is 491 g/mol. The molecule has 0 spiro atoms.